The first kappa shape index (κ1) is 9.68. The Bertz CT molecular complexity index is 514. The van der Waals surface area contributed by atoms with Crippen molar-refractivity contribution in [3.8, 4) is 0 Å². The molecule has 0 aliphatic carbocycles. The number of aryl methyl sites for hydroxylation is 1. The van der Waals surface area contributed by atoms with Gasteiger partial charge in [0.25, 0.3) is 0 Å². The summed E-state index contributed by atoms with van der Waals surface area (Å²) >= 11 is 11.0. The number of rotatable bonds is 2. The molecule has 5 heteroatoms. The summed E-state index contributed by atoms with van der Waals surface area (Å²) in [6, 6.07) is 1.84. The van der Waals surface area contributed by atoms with Crippen LogP contribution in [0.15, 0.2) is 12.3 Å². The van der Waals surface area contributed by atoms with E-state index in [4.69, 9.17) is 23.8 Å². The Kier molecular flexibility index (Phi) is 2.56. The van der Waals surface area contributed by atoms with Crippen molar-refractivity contribution >= 4 is 35.0 Å². The number of fused-ring (bicyclic) bond motifs is 1. The highest BCUT2D eigenvalue weighted by Gasteiger charge is 2.04. The van der Waals surface area contributed by atoms with E-state index in [0.29, 0.717) is 9.79 Å². The summed E-state index contributed by atoms with van der Waals surface area (Å²) in [4.78, 5) is 7.34. The number of imidazole rings is 1. The zero-order valence-corrected chi connectivity index (χ0v) is 9.32. The molecular weight excluding hydrogens is 218 g/mol. The summed E-state index contributed by atoms with van der Waals surface area (Å²) in [5, 5.41) is 0.623. The highest BCUT2D eigenvalue weighted by Crippen LogP contribution is 2.16. The number of hydrogen-bond acceptors (Lipinski definition) is 2. The number of nitrogens with zero attached hydrogens (tertiary/aromatic N) is 2. The fourth-order valence-corrected chi connectivity index (χ4v) is 1.89. The molecule has 0 radical (unpaired) electrons. The predicted molar refractivity (Wildman–Crippen MR) is 60.2 cm³/mol. The van der Waals surface area contributed by atoms with Gasteiger partial charge in [0.15, 0.2) is 10.4 Å². The maximum absolute atomic E-state index is 5.83. The number of pyridine rings is 1. The van der Waals surface area contributed by atoms with Gasteiger partial charge < -0.3 is 9.55 Å². The minimum Gasteiger partial charge on any atom is -0.329 e. The summed E-state index contributed by atoms with van der Waals surface area (Å²) in [6.45, 7) is 2.99. The van der Waals surface area contributed by atoms with Gasteiger partial charge in [0, 0.05) is 12.7 Å². The monoisotopic (exact) mass is 227 g/mol. The minimum absolute atomic E-state index is 0.623. The van der Waals surface area contributed by atoms with Crippen molar-refractivity contribution in [1.29, 1.82) is 0 Å². The van der Waals surface area contributed by atoms with Crippen molar-refractivity contribution in [2.75, 3.05) is 0 Å². The molecule has 2 rings (SSSR count). The molecule has 0 aliphatic rings. The third kappa shape index (κ3) is 1.55. The lowest BCUT2D eigenvalue weighted by atomic mass is 10.4. The van der Waals surface area contributed by atoms with Gasteiger partial charge >= 0.3 is 0 Å². The first-order valence-corrected chi connectivity index (χ1v) is 5.25. The molecular formula is C9H10ClN3S. The van der Waals surface area contributed by atoms with Crippen molar-refractivity contribution in [1.82, 2.24) is 14.5 Å². The molecule has 3 nitrogen and oxygen atoms in total. The lowest BCUT2D eigenvalue weighted by molar-refractivity contribution is 0.683. The van der Waals surface area contributed by atoms with Gasteiger partial charge in [-0.05, 0) is 24.7 Å². The maximum Gasteiger partial charge on any atom is 0.179 e. The molecule has 0 bridgehead atoms. The topological polar surface area (TPSA) is 33.6 Å². The molecule has 0 aliphatic heterocycles. The van der Waals surface area contributed by atoms with Crippen molar-refractivity contribution in [2.24, 2.45) is 0 Å². The minimum atomic E-state index is 0.623. The SMILES string of the molecule is CCCn1c(=S)[nH]c2cc(Cl)cnc21. The molecule has 0 fully saturated rings. The first-order valence-electron chi connectivity index (χ1n) is 4.46. The normalized spacial score (nSPS) is 11.0. The molecule has 0 saturated carbocycles. The van der Waals surface area contributed by atoms with Crippen LogP contribution in [0.1, 0.15) is 13.3 Å². The summed E-state index contributed by atoms with van der Waals surface area (Å²) in [5.74, 6) is 0. The maximum atomic E-state index is 5.83. The molecule has 2 aromatic rings. The lowest BCUT2D eigenvalue weighted by Crippen LogP contribution is -1.97. The van der Waals surface area contributed by atoms with E-state index in [9.17, 15) is 0 Å². The van der Waals surface area contributed by atoms with Gasteiger partial charge in [0.2, 0.25) is 0 Å². The van der Waals surface area contributed by atoms with Gasteiger partial charge in [-0.15, -0.1) is 0 Å². The average molecular weight is 228 g/mol. The zero-order chi connectivity index (χ0) is 10.1. The highest BCUT2D eigenvalue weighted by molar-refractivity contribution is 7.71. The van der Waals surface area contributed by atoms with Crippen LogP contribution in [0.3, 0.4) is 0 Å². The van der Waals surface area contributed by atoms with Crippen LogP contribution < -0.4 is 0 Å². The Hall–Kier alpha value is -0.870. The second-order valence-electron chi connectivity index (χ2n) is 3.11. The summed E-state index contributed by atoms with van der Waals surface area (Å²) in [5.41, 5.74) is 1.78. The van der Waals surface area contributed by atoms with Crippen molar-refractivity contribution in [3.63, 3.8) is 0 Å². The van der Waals surface area contributed by atoms with Gasteiger partial charge in [-0.25, -0.2) is 4.98 Å². The van der Waals surface area contributed by atoms with Crippen LogP contribution in [0.2, 0.25) is 5.02 Å². The fourth-order valence-electron chi connectivity index (χ4n) is 1.45. The summed E-state index contributed by atoms with van der Waals surface area (Å²) < 4.78 is 2.69. The molecule has 0 aromatic carbocycles. The molecule has 0 amide bonds. The summed E-state index contributed by atoms with van der Waals surface area (Å²) in [6.07, 6.45) is 2.67. The lowest BCUT2D eigenvalue weighted by Gasteiger charge is -1.99. The number of H-pyrrole nitrogens is 1. The molecule has 1 N–H and O–H groups in total. The van der Waals surface area contributed by atoms with Crippen LogP contribution in [-0.4, -0.2) is 14.5 Å². The van der Waals surface area contributed by atoms with E-state index >= 15 is 0 Å². The number of hydrogen-bond donors (Lipinski definition) is 1. The van der Waals surface area contributed by atoms with Crippen molar-refractivity contribution in [3.05, 3.63) is 22.1 Å². The van der Waals surface area contributed by atoms with E-state index in [1.807, 2.05) is 10.6 Å². The van der Waals surface area contributed by atoms with E-state index in [0.717, 1.165) is 24.1 Å². The smallest absolute Gasteiger partial charge is 0.179 e. The molecule has 2 aromatic heterocycles. The van der Waals surface area contributed by atoms with Crippen molar-refractivity contribution in [2.45, 2.75) is 19.9 Å². The van der Waals surface area contributed by atoms with Crippen LogP contribution in [0, 0.1) is 4.77 Å². The van der Waals surface area contributed by atoms with Gasteiger partial charge in [-0.1, -0.05) is 18.5 Å². The van der Waals surface area contributed by atoms with Crippen LogP contribution in [-0.2, 0) is 6.54 Å². The predicted octanol–water partition coefficient (Wildman–Crippen LogP) is 3.16. The van der Waals surface area contributed by atoms with Gasteiger partial charge in [-0.2, -0.15) is 0 Å². The Labute approximate surface area is 91.7 Å². The molecule has 0 saturated heterocycles. The first-order chi connectivity index (χ1) is 6.72. The third-order valence-corrected chi connectivity index (χ3v) is 2.55. The zero-order valence-electron chi connectivity index (χ0n) is 7.75. The van der Waals surface area contributed by atoms with Crippen LogP contribution in [0.5, 0.6) is 0 Å². The van der Waals surface area contributed by atoms with Crippen molar-refractivity contribution < 1.29 is 0 Å². The van der Waals surface area contributed by atoms with Gasteiger partial charge in [0.05, 0.1) is 10.5 Å². The Morgan fingerprint density at radius 3 is 3.14 bits per heavy atom. The number of halogens is 1. The standard InChI is InChI=1S/C9H10ClN3S/c1-2-3-13-8-7(12-9(13)14)4-6(10)5-11-8/h4-5H,2-3H2,1H3,(H,12,14). The average Bonchev–Trinajstić information content (AvgIpc) is 2.43. The number of aromatic nitrogens is 3. The molecule has 0 spiro atoms. The molecule has 2 heterocycles. The Balaban J connectivity index is 2.71. The largest absolute Gasteiger partial charge is 0.329 e. The van der Waals surface area contributed by atoms with Gasteiger partial charge in [-0.3, -0.25) is 0 Å². The molecule has 74 valence electrons. The Morgan fingerprint density at radius 2 is 2.43 bits per heavy atom. The van der Waals surface area contributed by atoms with E-state index in [2.05, 4.69) is 16.9 Å². The van der Waals surface area contributed by atoms with Crippen LogP contribution in [0.25, 0.3) is 11.2 Å². The van der Waals surface area contributed by atoms with E-state index < -0.39 is 0 Å². The third-order valence-electron chi connectivity index (χ3n) is 2.02. The van der Waals surface area contributed by atoms with Crippen LogP contribution >= 0.6 is 23.8 Å². The summed E-state index contributed by atoms with van der Waals surface area (Å²) in [7, 11) is 0. The van der Waals surface area contributed by atoms with E-state index in [1.165, 1.54) is 0 Å². The number of aromatic amines is 1. The van der Waals surface area contributed by atoms with E-state index in [-0.39, 0.29) is 0 Å². The second kappa shape index (κ2) is 3.71. The number of nitrogens with one attached hydrogen (secondary N) is 1. The van der Waals surface area contributed by atoms with Crippen LogP contribution in [0.4, 0.5) is 0 Å². The molecule has 14 heavy (non-hydrogen) atoms. The quantitative estimate of drug-likeness (QED) is 0.800. The highest BCUT2D eigenvalue weighted by atomic mass is 35.5. The fraction of sp³-hybridized carbons (Fsp3) is 0.333. The van der Waals surface area contributed by atoms with E-state index in [1.54, 1.807) is 6.20 Å². The second-order valence-corrected chi connectivity index (χ2v) is 3.93. The molecule has 0 unspecified atom stereocenters. The Morgan fingerprint density at radius 1 is 1.64 bits per heavy atom. The molecule has 0 atom stereocenters. The van der Waals surface area contributed by atoms with Gasteiger partial charge in [0.1, 0.15) is 0 Å².